The zero-order valence-electron chi connectivity index (χ0n) is 14.2. The first-order valence-electron chi connectivity index (χ1n) is 8.62. The summed E-state index contributed by atoms with van der Waals surface area (Å²) in [7, 11) is 0. The molecule has 0 radical (unpaired) electrons. The topological polar surface area (TPSA) is 53.5 Å². The third-order valence-electron chi connectivity index (χ3n) is 3.82. The lowest BCUT2D eigenvalue weighted by Gasteiger charge is -2.20. The second kappa shape index (κ2) is 10.5. The first kappa shape index (κ1) is 19.0. The molecule has 5 heteroatoms. The van der Waals surface area contributed by atoms with Crippen molar-refractivity contribution in [2.24, 2.45) is 0 Å². The highest BCUT2D eigenvalue weighted by Gasteiger charge is 2.11. The van der Waals surface area contributed by atoms with Gasteiger partial charge in [0, 0.05) is 11.6 Å². The summed E-state index contributed by atoms with van der Waals surface area (Å²) < 4.78 is 0. The lowest BCUT2D eigenvalue weighted by molar-refractivity contribution is -0.00447. The van der Waals surface area contributed by atoms with Crippen LogP contribution in [0.4, 0.5) is 0 Å². The van der Waals surface area contributed by atoms with Crippen LogP contribution in [0.25, 0.3) is 6.08 Å². The minimum Gasteiger partial charge on any atom is -0.389 e. The number of hydrogen-bond acceptors (Lipinski definition) is 4. The molecule has 132 valence electrons. The van der Waals surface area contributed by atoms with Crippen LogP contribution in [0.5, 0.6) is 0 Å². The highest BCUT2D eigenvalue weighted by Crippen LogP contribution is 2.25. The predicted octanol–water partition coefficient (Wildman–Crippen LogP) is 3.67. The molecule has 3 N–H and O–H groups in total. The van der Waals surface area contributed by atoms with Crippen LogP contribution in [-0.4, -0.2) is 30.9 Å². The van der Waals surface area contributed by atoms with E-state index in [4.69, 9.17) is 16.4 Å². The largest absolute Gasteiger partial charge is 0.389 e. The monoisotopic (exact) mass is 350 g/mol. The van der Waals surface area contributed by atoms with Crippen LogP contribution in [0.2, 0.25) is 5.02 Å². The lowest BCUT2D eigenvalue weighted by atomic mass is 9.97. The summed E-state index contributed by atoms with van der Waals surface area (Å²) in [4.78, 5) is 5.48. The number of aliphatic hydroxyl groups is 1. The number of hydroxylamine groups is 1. The Morgan fingerprint density at radius 2 is 2.12 bits per heavy atom. The van der Waals surface area contributed by atoms with Gasteiger partial charge < -0.3 is 10.4 Å². The van der Waals surface area contributed by atoms with Crippen LogP contribution in [0.1, 0.15) is 38.2 Å². The number of hydrogen-bond donors (Lipinski definition) is 3. The molecule has 0 aromatic heterocycles. The first-order valence-corrected chi connectivity index (χ1v) is 9.00. The summed E-state index contributed by atoms with van der Waals surface area (Å²) in [5.74, 6) is 0. The average molecular weight is 351 g/mol. The summed E-state index contributed by atoms with van der Waals surface area (Å²) >= 11 is 5.93. The van der Waals surface area contributed by atoms with E-state index in [0.29, 0.717) is 6.54 Å². The fourth-order valence-electron chi connectivity index (χ4n) is 2.54. The molecule has 0 heterocycles. The SMILES string of the molecule is CCCNC[C@H](O)CONC1=CCCCC1=Cc1ccc(Cl)cc1. The van der Waals surface area contributed by atoms with Crippen LogP contribution < -0.4 is 10.8 Å². The maximum Gasteiger partial charge on any atom is 0.102 e. The van der Waals surface area contributed by atoms with Crippen molar-refractivity contribution in [3.8, 4) is 0 Å². The summed E-state index contributed by atoms with van der Waals surface area (Å²) in [5, 5.41) is 13.8. The Hall–Kier alpha value is -1.33. The Kier molecular flexibility index (Phi) is 8.33. The van der Waals surface area contributed by atoms with Gasteiger partial charge in [0.05, 0.1) is 11.8 Å². The van der Waals surface area contributed by atoms with Crippen molar-refractivity contribution in [1.82, 2.24) is 10.8 Å². The second-order valence-corrected chi connectivity index (χ2v) is 6.44. The highest BCUT2D eigenvalue weighted by atomic mass is 35.5. The van der Waals surface area contributed by atoms with Crippen LogP contribution in [0.15, 0.2) is 41.6 Å². The maximum absolute atomic E-state index is 9.86. The molecule has 0 saturated heterocycles. The molecule has 0 fully saturated rings. The van der Waals surface area contributed by atoms with E-state index in [1.807, 2.05) is 24.3 Å². The number of halogens is 1. The van der Waals surface area contributed by atoms with Crippen molar-refractivity contribution in [2.45, 2.75) is 38.7 Å². The molecule has 4 nitrogen and oxygen atoms in total. The number of rotatable bonds is 9. The molecule has 24 heavy (non-hydrogen) atoms. The molecular weight excluding hydrogens is 324 g/mol. The smallest absolute Gasteiger partial charge is 0.102 e. The molecule has 0 bridgehead atoms. The molecular formula is C19H27ClN2O2. The van der Waals surface area contributed by atoms with Crippen molar-refractivity contribution in [3.63, 3.8) is 0 Å². The van der Waals surface area contributed by atoms with Gasteiger partial charge in [-0.2, -0.15) is 0 Å². The van der Waals surface area contributed by atoms with Gasteiger partial charge >= 0.3 is 0 Å². The molecule has 0 aliphatic heterocycles. The fraction of sp³-hybridized carbons (Fsp3) is 0.474. The van der Waals surface area contributed by atoms with E-state index in [0.717, 1.165) is 48.5 Å². The van der Waals surface area contributed by atoms with Gasteiger partial charge in [0.15, 0.2) is 0 Å². The van der Waals surface area contributed by atoms with Crippen molar-refractivity contribution in [1.29, 1.82) is 0 Å². The molecule has 1 aliphatic rings. The van der Waals surface area contributed by atoms with Crippen molar-refractivity contribution in [2.75, 3.05) is 19.7 Å². The van der Waals surface area contributed by atoms with Crippen molar-refractivity contribution >= 4 is 17.7 Å². The average Bonchev–Trinajstić information content (AvgIpc) is 2.59. The third kappa shape index (κ3) is 6.65. The number of aliphatic hydroxyl groups excluding tert-OH is 1. The number of benzene rings is 1. The fourth-order valence-corrected chi connectivity index (χ4v) is 2.67. The van der Waals surface area contributed by atoms with Gasteiger partial charge in [-0.15, -0.1) is 0 Å². The maximum atomic E-state index is 9.86. The zero-order valence-corrected chi connectivity index (χ0v) is 15.0. The van der Waals surface area contributed by atoms with E-state index in [1.165, 1.54) is 5.57 Å². The van der Waals surface area contributed by atoms with Crippen molar-refractivity contribution in [3.05, 3.63) is 52.2 Å². The molecule has 1 aliphatic carbocycles. The van der Waals surface area contributed by atoms with Gasteiger partial charge in [0.1, 0.15) is 6.61 Å². The Morgan fingerprint density at radius 3 is 2.88 bits per heavy atom. The normalized spacial score (nSPS) is 17.6. The van der Waals surface area contributed by atoms with E-state index in [9.17, 15) is 5.11 Å². The Balaban J connectivity index is 1.85. The molecule has 0 unspecified atom stereocenters. The third-order valence-corrected chi connectivity index (χ3v) is 4.07. The number of nitrogens with one attached hydrogen (secondary N) is 2. The summed E-state index contributed by atoms with van der Waals surface area (Å²) in [5.41, 5.74) is 6.32. The molecule has 0 saturated carbocycles. The second-order valence-electron chi connectivity index (χ2n) is 6.00. The van der Waals surface area contributed by atoms with Crippen LogP contribution in [-0.2, 0) is 4.84 Å². The van der Waals surface area contributed by atoms with E-state index in [2.05, 4.69) is 29.9 Å². The minimum atomic E-state index is -0.517. The molecule has 1 aromatic carbocycles. The predicted molar refractivity (Wildman–Crippen MR) is 99.6 cm³/mol. The van der Waals surface area contributed by atoms with Crippen LogP contribution >= 0.6 is 11.6 Å². The first-order chi connectivity index (χ1) is 11.7. The van der Waals surface area contributed by atoms with Gasteiger partial charge in [-0.1, -0.05) is 36.7 Å². The van der Waals surface area contributed by atoms with Gasteiger partial charge in [0.25, 0.3) is 0 Å². The summed E-state index contributed by atoms with van der Waals surface area (Å²) in [6, 6.07) is 7.80. The molecule has 1 atom stereocenters. The quantitative estimate of drug-likeness (QED) is 0.470. The summed E-state index contributed by atoms with van der Waals surface area (Å²) in [6.45, 7) is 3.80. The molecule has 2 rings (SSSR count). The van der Waals surface area contributed by atoms with Crippen molar-refractivity contribution < 1.29 is 9.94 Å². The Bertz CT molecular complexity index is 555. The van der Waals surface area contributed by atoms with E-state index in [-0.39, 0.29) is 6.61 Å². The van der Waals surface area contributed by atoms with Gasteiger partial charge in [0.2, 0.25) is 0 Å². The van der Waals surface area contributed by atoms with Crippen LogP contribution in [0.3, 0.4) is 0 Å². The van der Waals surface area contributed by atoms with Crippen LogP contribution in [0, 0.1) is 0 Å². The molecule has 0 amide bonds. The van der Waals surface area contributed by atoms with E-state index < -0.39 is 6.10 Å². The Labute approximate surface area is 149 Å². The zero-order chi connectivity index (χ0) is 17.2. The standard InChI is InChI=1S/C19H27ClN2O2/c1-2-11-21-13-18(23)14-24-22-19-6-4-3-5-16(19)12-15-7-9-17(20)10-8-15/h6-10,12,18,21-23H,2-5,11,13-14H2,1H3/t18-/m0/s1. The van der Waals surface area contributed by atoms with E-state index in [1.54, 1.807) is 0 Å². The summed E-state index contributed by atoms with van der Waals surface area (Å²) in [6.07, 6.45) is 8.00. The van der Waals surface area contributed by atoms with Gasteiger partial charge in [-0.25, -0.2) is 0 Å². The Morgan fingerprint density at radius 1 is 1.33 bits per heavy atom. The molecule has 1 aromatic rings. The molecule has 0 spiro atoms. The van der Waals surface area contributed by atoms with Gasteiger partial charge in [-0.3, -0.25) is 10.3 Å². The van der Waals surface area contributed by atoms with E-state index >= 15 is 0 Å². The lowest BCUT2D eigenvalue weighted by Crippen LogP contribution is -2.33. The highest BCUT2D eigenvalue weighted by molar-refractivity contribution is 6.30. The minimum absolute atomic E-state index is 0.252. The van der Waals surface area contributed by atoms with Gasteiger partial charge in [-0.05, 0) is 61.6 Å². The number of allylic oxidation sites excluding steroid dienone is 2.